The maximum atomic E-state index is 11.2. The van der Waals surface area contributed by atoms with Gasteiger partial charge in [-0.2, -0.15) is 0 Å². The second-order valence-corrected chi connectivity index (χ2v) is 5.56. The Kier molecular flexibility index (Phi) is 4.06. The molecule has 0 bridgehead atoms. The van der Waals surface area contributed by atoms with Crippen molar-refractivity contribution in [1.29, 1.82) is 0 Å². The second kappa shape index (κ2) is 4.98. The summed E-state index contributed by atoms with van der Waals surface area (Å²) in [7, 11) is -4.27. The Hall–Kier alpha value is -1.20. The zero-order valence-electron chi connectivity index (χ0n) is 8.98. The molecule has 94 valence electrons. The molecule has 0 aliphatic carbocycles. The number of aliphatic carboxylic acids is 1. The molecule has 0 aliphatic rings. The highest BCUT2D eigenvalue weighted by molar-refractivity contribution is 7.51. The molecule has 0 saturated carbocycles. The molecule has 0 heterocycles. The minimum atomic E-state index is -4.27. The highest BCUT2D eigenvalue weighted by Gasteiger charge is 2.37. The third-order valence-corrected chi connectivity index (χ3v) is 3.27. The number of benzene rings is 1. The van der Waals surface area contributed by atoms with Crippen molar-refractivity contribution in [2.75, 3.05) is 6.16 Å². The molecule has 1 unspecified atom stereocenters. The maximum absolute atomic E-state index is 11.2. The van der Waals surface area contributed by atoms with E-state index < -0.39 is 25.3 Å². The Morgan fingerprint density at radius 1 is 1.29 bits per heavy atom. The van der Waals surface area contributed by atoms with Gasteiger partial charge < -0.3 is 20.6 Å². The third kappa shape index (κ3) is 3.64. The largest absolute Gasteiger partial charge is 0.480 e. The van der Waals surface area contributed by atoms with Gasteiger partial charge in [-0.05, 0) is 12.0 Å². The van der Waals surface area contributed by atoms with Crippen molar-refractivity contribution in [3.8, 4) is 0 Å². The lowest BCUT2D eigenvalue weighted by atomic mass is 9.88. The van der Waals surface area contributed by atoms with Gasteiger partial charge in [-0.1, -0.05) is 30.3 Å². The first kappa shape index (κ1) is 13.9. The summed E-state index contributed by atoms with van der Waals surface area (Å²) in [6, 6.07) is 7.99. The van der Waals surface area contributed by atoms with Gasteiger partial charge in [-0.25, -0.2) is 4.79 Å². The van der Waals surface area contributed by atoms with Crippen molar-refractivity contribution in [3.63, 3.8) is 0 Å². The Labute approximate surface area is 98.2 Å². The van der Waals surface area contributed by atoms with Crippen LogP contribution in [0, 0.1) is 0 Å². The fourth-order valence-corrected chi connectivity index (χ4v) is 2.08. The average molecular weight is 259 g/mol. The van der Waals surface area contributed by atoms with E-state index in [0.29, 0.717) is 5.56 Å². The fourth-order valence-electron chi connectivity index (χ4n) is 1.43. The van der Waals surface area contributed by atoms with E-state index in [9.17, 15) is 9.36 Å². The Bertz CT molecular complexity index is 443. The molecule has 0 saturated heterocycles. The van der Waals surface area contributed by atoms with E-state index in [2.05, 4.69) is 0 Å². The van der Waals surface area contributed by atoms with Gasteiger partial charge in [0, 0.05) is 0 Å². The highest BCUT2D eigenvalue weighted by atomic mass is 31.2. The number of hydrogen-bond donors (Lipinski definition) is 4. The van der Waals surface area contributed by atoms with Crippen LogP contribution in [0.25, 0.3) is 0 Å². The van der Waals surface area contributed by atoms with Gasteiger partial charge in [-0.3, -0.25) is 4.57 Å². The topological polar surface area (TPSA) is 121 Å². The van der Waals surface area contributed by atoms with Crippen molar-refractivity contribution in [2.24, 2.45) is 5.73 Å². The number of carbonyl (C=O) groups is 1. The molecular weight excluding hydrogens is 245 g/mol. The normalized spacial score (nSPS) is 15.2. The first-order chi connectivity index (χ1) is 7.76. The molecule has 0 aliphatic heterocycles. The molecule has 17 heavy (non-hydrogen) atoms. The van der Waals surface area contributed by atoms with Crippen molar-refractivity contribution in [1.82, 2.24) is 0 Å². The van der Waals surface area contributed by atoms with Crippen LogP contribution in [0.5, 0.6) is 0 Å². The van der Waals surface area contributed by atoms with Crippen molar-refractivity contribution < 1.29 is 24.3 Å². The average Bonchev–Trinajstić information content (AvgIpc) is 2.26. The van der Waals surface area contributed by atoms with Gasteiger partial charge in [0.2, 0.25) is 0 Å². The summed E-state index contributed by atoms with van der Waals surface area (Å²) in [4.78, 5) is 28.7. The van der Waals surface area contributed by atoms with E-state index in [1.807, 2.05) is 0 Å². The number of carboxylic acid groups (broad SMARTS) is 1. The number of rotatable bonds is 5. The van der Waals surface area contributed by atoms with Crippen molar-refractivity contribution in [2.45, 2.75) is 12.0 Å². The molecule has 1 aromatic carbocycles. The van der Waals surface area contributed by atoms with E-state index in [0.717, 1.165) is 0 Å². The number of hydrogen-bond acceptors (Lipinski definition) is 3. The summed E-state index contributed by atoms with van der Waals surface area (Å²) < 4.78 is 10.8. The van der Waals surface area contributed by atoms with E-state index in [1.54, 1.807) is 18.2 Å². The number of carboxylic acids is 1. The smallest absolute Gasteiger partial charge is 0.328 e. The van der Waals surface area contributed by atoms with Crippen LogP contribution in [-0.4, -0.2) is 27.0 Å². The summed E-state index contributed by atoms with van der Waals surface area (Å²) >= 11 is 0. The van der Waals surface area contributed by atoms with Crippen LogP contribution in [0.2, 0.25) is 0 Å². The Morgan fingerprint density at radius 2 is 1.82 bits per heavy atom. The van der Waals surface area contributed by atoms with E-state index in [4.69, 9.17) is 20.6 Å². The summed E-state index contributed by atoms with van der Waals surface area (Å²) in [5.41, 5.74) is 4.27. The molecular formula is C10H14NO5P. The molecule has 1 rings (SSSR count). The van der Waals surface area contributed by atoms with Crippen LogP contribution < -0.4 is 5.73 Å². The van der Waals surface area contributed by atoms with Gasteiger partial charge in [0.05, 0.1) is 6.16 Å². The van der Waals surface area contributed by atoms with E-state index in [1.165, 1.54) is 12.1 Å². The summed E-state index contributed by atoms with van der Waals surface area (Å²) in [6.07, 6.45) is -0.888. The van der Waals surface area contributed by atoms with Crippen molar-refractivity contribution >= 4 is 13.6 Å². The molecule has 0 radical (unpaired) electrons. The SMILES string of the molecule is NC(CCP(=O)(O)O)(C(=O)O)c1ccccc1. The standard InChI is InChI=1S/C10H14NO5P/c11-10(9(12)13,6-7-17(14,15)16)8-4-2-1-3-5-8/h1-5H,6-7,11H2,(H,12,13)(H2,14,15,16). The molecule has 0 amide bonds. The molecule has 0 spiro atoms. The molecule has 1 aromatic rings. The first-order valence-electron chi connectivity index (χ1n) is 4.88. The zero-order chi connectivity index (χ0) is 13.1. The van der Waals surface area contributed by atoms with Crippen LogP contribution in [0.1, 0.15) is 12.0 Å². The van der Waals surface area contributed by atoms with Crippen LogP contribution in [0.15, 0.2) is 30.3 Å². The minimum Gasteiger partial charge on any atom is -0.480 e. The molecule has 0 fully saturated rings. The maximum Gasteiger partial charge on any atom is 0.328 e. The second-order valence-electron chi connectivity index (χ2n) is 3.78. The van der Waals surface area contributed by atoms with E-state index >= 15 is 0 Å². The fraction of sp³-hybridized carbons (Fsp3) is 0.300. The van der Waals surface area contributed by atoms with Crippen LogP contribution >= 0.6 is 7.60 Å². The predicted octanol–water partition coefficient (Wildman–Crippen LogP) is 0.493. The quantitative estimate of drug-likeness (QED) is 0.571. The van der Waals surface area contributed by atoms with Crippen LogP contribution in [0.3, 0.4) is 0 Å². The van der Waals surface area contributed by atoms with Gasteiger partial charge in [0.1, 0.15) is 5.54 Å². The highest BCUT2D eigenvalue weighted by Crippen LogP contribution is 2.38. The van der Waals surface area contributed by atoms with E-state index in [-0.39, 0.29) is 6.42 Å². The zero-order valence-corrected chi connectivity index (χ0v) is 9.88. The Balaban J connectivity index is 2.99. The van der Waals surface area contributed by atoms with Crippen LogP contribution in [0.4, 0.5) is 0 Å². The molecule has 0 aromatic heterocycles. The Morgan fingerprint density at radius 3 is 2.24 bits per heavy atom. The van der Waals surface area contributed by atoms with Gasteiger partial charge >= 0.3 is 13.6 Å². The minimum absolute atomic E-state index is 0.320. The molecule has 5 N–H and O–H groups in total. The summed E-state index contributed by atoms with van der Waals surface area (Å²) in [5.74, 6) is -1.31. The summed E-state index contributed by atoms with van der Waals surface area (Å²) in [5, 5.41) is 9.10. The first-order valence-corrected chi connectivity index (χ1v) is 6.68. The lowest BCUT2D eigenvalue weighted by Crippen LogP contribution is -2.45. The molecule has 1 atom stereocenters. The van der Waals surface area contributed by atoms with Crippen molar-refractivity contribution in [3.05, 3.63) is 35.9 Å². The molecule has 7 heteroatoms. The lowest BCUT2D eigenvalue weighted by Gasteiger charge is -2.25. The number of nitrogens with two attached hydrogens (primary N) is 1. The predicted molar refractivity (Wildman–Crippen MR) is 61.5 cm³/mol. The monoisotopic (exact) mass is 259 g/mol. The van der Waals surface area contributed by atoms with Gasteiger partial charge in [-0.15, -0.1) is 0 Å². The third-order valence-electron chi connectivity index (χ3n) is 2.47. The van der Waals surface area contributed by atoms with Gasteiger partial charge in [0.15, 0.2) is 0 Å². The van der Waals surface area contributed by atoms with Crippen LogP contribution in [-0.2, 0) is 14.9 Å². The molecule has 6 nitrogen and oxygen atoms in total. The summed E-state index contributed by atoms with van der Waals surface area (Å²) in [6.45, 7) is 0. The lowest BCUT2D eigenvalue weighted by molar-refractivity contribution is -0.143. The van der Waals surface area contributed by atoms with Gasteiger partial charge in [0.25, 0.3) is 0 Å².